The number of hydrogen-bond donors (Lipinski definition) is 2. The molecule has 2 unspecified atom stereocenters. The van der Waals surface area contributed by atoms with Gasteiger partial charge in [0.05, 0.1) is 5.92 Å². The molecule has 1 aromatic rings. The molecule has 2 aliphatic rings. The van der Waals surface area contributed by atoms with E-state index >= 15 is 0 Å². The first kappa shape index (κ1) is 19.1. The van der Waals surface area contributed by atoms with E-state index in [-0.39, 0.29) is 42.6 Å². The molecule has 1 saturated carbocycles. The summed E-state index contributed by atoms with van der Waals surface area (Å²) in [5.41, 5.74) is 6.86. The topological polar surface area (TPSA) is 75.4 Å². The van der Waals surface area contributed by atoms with Crippen molar-refractivity contribution in [3.8, 4) is 0 Å². The van der Waals surface area contributed by atoms with Gasteiger partial charge in [0.2, 0.25) is 11.8 Å². The molecule has 1 aliphatic heterocycles. The van der Waals surface area contributed by atoms with Crippen LogP contribution in [-0.2, 0) is 9.59 Å². The average molecular weight is 370 g/mol. The third kappa shape index (κ3) is 4.43. The van der Waals surface area contributed by atoms with Crippen LogP contribution in [0.3, 0.4) is 0 Å². The molecule has 5 nitrogen and oxygen atoms in total. The number of thioether (sulfide) groups is 1. The molecule has 1 saturated heterocycles. The highest BCUT2D eigenvalue weighted by Crippen LogP contribution is 2.31. The van der Waals surface area contributed by atoms with Gasteiger partial charge in [-0.2, -0.15) is 0 Å². The lowest BCUT2D eigenvalue weighted by Crippen LogP contribution is -2.41. The summed E-state index contributed by atoms with van der Waals surface area (Å²) in [7, 11) is 0. The Labute approximate surface area is 153 Å². The van der Waals surface area contributed by atoms with Crippen LogP contribution < -0.4 is 16.0 Å². The molecule has 24 heavy (non-hydrogen) atoms. The predicted octanol–water partition coefficient (Wildman–Crippen LogP) is 2.04. The number of nitrogens with two attached hydrogens (primary N) is 1. The quantitative estimate of drug-likeness (QED) is 0.752. The maximum Gasteiger partial charge on any atom is 0.227 e. The van der Waals surface area contributed by atoms with Crippen molar-refractivity contribution in [2.75, 3.05) is 24.2 Å². The highest BCUT2D eigenvalue weighted by Gasteiger charge is 2.36. The molecule has 132 valence electrons. The number of benzene rings is 1. The number of amides is 2. The summed E-state index contributed by atoms with van der Waals surface area (Å²) in [4.78, 5) is 27.3. The van der Waals surface area contributed by atoms with E-state index in [1.165, 1.54) is 12.8 Å². The summed E-state index contributed by atoms with van der Waals surface area (Å²) in [6.45, 7) is 0.957. The molecular weight excluding hydrogens is 346 g/mol. The van der Waals surface area contributed by atoms with Crippen LogP contribution in [0.5, 0.6) is 0 Å². The minimum Gasteiger partial charge on any atom is -0.354 e. The number of halogens is 1. The van der Waals surface area contributed by atoms with Gasteiger partial charge < -0.3 is 16.0 Å². The van der Waals surface area contributed by atoms with Crippen LogP contribution in [-0.4, -0.2) is 37.2 Å². The van der Waals surface area contributed by atoms with Gasteiger partial charge in [0.1, 0.15) is 0 Å². The highest BCUT2D eigenvalue weighted by atomic mass is 35.5. The fourth-order valence-electron chi connectivity index (χ4n) is 2.95. The molecule has 1 heterocycles. The normalized spacial score (nSPS) is 21.3. The maximum atomic E-state index is 12.3. The minimum absolute atomic E-state index is 0. The molecule has 7 heteroatoms. The summed E-state index contributed by atoms with van der Waals surface area (Å²) in [5.74, 6) is 0.229. The van der Waals surface area contributed by atoms with Crippen LogP contribution in [0.25, 0.3) is 0 Å². The van der Waals surface area contributed by atoms with Gasteiger partial charge in [-0.3, -0.25) is 9.59 Å². The molecule has 1 aliphatic carbocycles. The van der Waals surface area contributed by atoms with Crippen LogP contribution in [0, 0.1) is 11.8 Å². The van der Waals surface area contributed by atoms with Crippen molar-refractivity contribution in [1.82, 2.24) is 5.32 Å². The number of anilines is 1. The number of nitrogens with zero attached hydrogens (tertiary/aromatic N) is 1. The van der Waals surface area contributed by atoms with Crippen molar-refractivity contribution in [2.24, 2.45) is 17.6 Å². The largest absolute Gasteiger partial charge is 0.354 e. The summed E-state index contributed by atoms with van der Waals surface area (Å²) in [5, 5.41) is 2.91. The molecule has 2 atom stereocenters. The zero-order chi connectivity index (χ0) is 16.4. The summed E-state index contributed by atoms with van der Waals surface area (Å²) in [6.07, 6.45) is 4.62. The van der Waals surface area contributed by atoms with E-state index in [0.29, 0.717) is 19.0 Å². The Morgan fingerprint density at radius 1 is 1.38 bits per heavy atom. The zero-order valence-corrected chi connectivity index (χ0v) is 15.4. The molecule has 1 aromatic carbocycles. The Bertz CT molecular complexity index is 592. The summed E-state index contributed by atoms with van der Waals surface area (Å²) in [6, 6.07) is 7.91. The van der Waals surface area contributed by atoms with Gasteiger partial charge in [0.25, 0.3) is 0 Å². The molecule has 0 aromatic heterocycles. The van der Waals surface area contributed by atoms with Crippen molar-refractivity contribution < 1.29 is 9.59 Å². The average Bonchev–Trinajstić information content (AvgIpc) is 3.35. The Kier molecular flexibility index (Phi) is 6.54. The second-order valence-corrected chi connectivity index (χ2v) is 7.23. The fourth-order valence-corrected chi connectivity index (χ4v) is 3.36. The van der Waals surface area contributed by atoms with E-state index in [0.717, 1.165) is 10.6 Å². The van der Waals surface area contributed by atoms with Crippen LogP contribution in [0.2, 0.25) is 0 Å². The number of nitrogens with one attached hydrogen (secondary N) is 1. The van der Waals surface area contributed by atoms with E-state index < -0.39 is 0 Å². The Morgan fingerprint density at radius 2 is 2.04 bits per heavy atom. The van der Waals surface area contributed by atoms with Crippen LogP contribution in [0.4, 0.5) is 5.69 Å². The van der Waals surface area contributed by atoms with E-state index in [1.807, 2.05) is 30.5 Å². The van der Waals surface area contributed by atoms with Crippen molar-refractivity contribution >= 4 is 41.7 Å². The van der Waals surface area contributed by atoms with Crippen LogP contribution in [0.1, 0.15) is 19.3 Å². The monoisotopic (exact) mass is 369 g/mol. The number of hydrogen-bond acceptors (Lipinski definition) is 4. The smallest absolute Gasteiger partial charge is 0.227 e. The summed E-state index contributed by atoms with van der Waals surface area (Å²) < 4.78 is 0. The van der Waals surface area contributed by atoms with E-state index in [4.69, 9.17) is 5.73 Å². The lowest BCUT2D eigenvalue weighted by molar-refractivity contribution is -0.126. The standard InChI is InChI=1S/C17H23N3O2S.ClH/c1-23-14-6-4-13(5-7-14)20-10-12(8-16(20)21)17(22)19-9-15(18)11-2-3-11;/h4-7,11-12,15H,2-3,8-10,18H2,1H3,(H,19,22);1H. The molecule has 3 N–H and O–H groups in total. The molecule has 2 amide bonds. The summed E-state index contributed by atoms with van der Waals surface area (Å²) >= 11 is 1.66. The van der Waals surface area contributed by atoms with Crippen molar-refractivity contribution in [1.29, 1.82) is 0 Å². The van der Waals surface area contributed by atoms with Crippen molar-refractivity contribution in [3.05, 3.63) is 24.3 Å². The highest BCUT2D eigenvalue weighted by molar-refractivity contribution is 7.98. The SMILES string of the molecule is CSc1ccc(N2CC(C(=O)NCC(N)C3CC3)CC2=O)cc1.Cl. The van der Waals surface area contributed by atoms with Crippen LogP contribution >= 0.6 is 24.2 Å². The van der Waals surface area contributed by atoms with E-state index in [9.17, 15) is 9.59 Å². The van der Waals surface area contributed by atoms with Gasteiger partial charge >= 0.3 is 0 Å². The van der Waals surface area contributed by atoms with Crippen molar-refractivity contribution in [3.63, 3.8) is 0 Å². The van der Waals surface area contributed by atoms with Gasteiger partial charge in [-0.1, -0.05) is 0 Å². The molecule has 0 bridgehead atoms. The number of rotatable bonds is 6. The molecule has 0 spiro atoms. The minimum atomic E-state index is -0.283. The molecule has 2 fully saturated rings. The Balaban J connectivity index is 0.00000208. The lowest BCUT2D eigenvalue weighted by atomic mass is 10.1. The Morgan fingerprint density at radius 3 is 2.62 bits per heavy atom. The molecule has 0 radical (unpaired) electrons. The fraction of sp³-hybridized carbons (Fsp3) is 0.529. The Hall–Kier alpha value is -1.24. The second kappa shape index (κ2) is 8.23. The predicted molar refractivity (Wildman–Crippen MR) is 99.6 cm³/mol. The van der Waals surface area contributed by atoms with Gasteiger partial charge in [0, 0.05) is 36.1 Å². The van der Waals surface area contributed by atoms with Gasteiger partial charge in [-0.05, 0) is 49.3 Å². The number of carbonyl (C=O) groups is 2. The maximum absolute atomic E-state index is 12.3. The van der Waals surface area contributed by atoms with E-state index in [2.05, 4.69) is 5.32 Å². The third-order valence-corrected chi connectivity index (χ3v) is 5.36. The van der Waals surface area contributed by atoms with Crippen LogP contribution in [0.15, 0.2) is 29.2 Å². The number of carbonyl (C=O) groups excluding carboxylic acids is 2. The zero-order valence-electron chi connectivity index (χ0n) is 13.7. The first-order chi connectivity index (χ1) is 11.1. The molecule has 3 rings (SSSR count). The second-order valence-electron chi connectivity index (χ2n) is 6.35. The first-order valence-electron chi connectivity index (χ1n) is 8.06. The van der Waals surface area contributed by atoms with Crippen molar-refractivity contribution in [2.45, 2.75) is 30.2 Å². The first-order valence-corrected chi connectivity index (χ1v) is 9.28. The third-order valence-electron chi connectivity index (χ3n) is 4.62. The van der Waals surface area contributed by atoms with Gasteiger partial charge in [-0.15, -0.1) is 24.2 Å². The van der Waals surface area contributed by atoms with E-state index in [1.54, 1.807) is 16.7 Å². The van der Waals surface area contributed by atoms with Gasteiger partial charge in [0.15, 0.2) is 0 Å². The lowest BCUT2D eigenvalue weighted by Gasteiger charge is -2.17. The van der Waals surface area contributed by atoms with Gasteiger partial charge in [-0.25, -0.2) is 0 Å². The molecular formula is C17H24ClN3O2S.